The average molecular weight is 580 g/mol. The third-order valence-corrected chi connectivity index (χ3v) is 6.39. The Morgan fingerprint density at radius 3 is 2.05 bits per heavy atom. The SMILES string of the molecule is CSCCC(NC(=O)C(Cc1cnc[nH]1)NC(=O)C(CCCN=C(N)N)NC(=O)C(N)Cc1cnc[nH]1)C(=O)O. The van der Waals surface area contributed by atoms with E-state index in [9.17, 15) is 24.3 Å². The topological polar surface area (TPSA) is 272 Å². The number of aliphatic carboxylic acids is 1. The fraction of sp³-hybridized carbons (Fsp3) is 0.522. The van der Waals surface area contributed by atoms with Crippen molar-refractivity contribution < 1.29 is 24.3 Å². The first kappa shape index (κ1) is 32.1. The van der Waals surface area contributed by atoms with Gasteiger partial charge in [0.1, 0.15) is 18.1 Å². The number of nitrogens with zero attached hydrogens (tertiary/aromatic N) is 3. The van der Waals surface area contributed by atoms with Gasteiger partial charge in [-0.25, -0.2) is 14.8 Å². The monoisotopic (exact) mass is 579 g/mol. The highest BCUT2D eigenvalue weighted by Crippen LogP contribution is 2.07. The maximum atomic E-state index is 13.4. The van der Waals surface area contributed by atoms with Crippen LogP contribution in [0.2, 0.25) is 0 Å². The van der Waals surface area contributed by atoms with Crippen molar-refractivity contribution >= 4 is 41.4 Å². The molecule has 0 spiro atoms. The first-order chi connectivity index (χ1) is 19.1. The quantitative estimate of drug-likeness (QED) is 0.0509. The lowest BCUT2D eigenvalue weighted by molar-refractivity contribution is -0.142. The van der Waals surface area contributed by atoms with E-state index in [1.54, 1.807) is 0 Å². The van der Waals surface area contributed by atoms with Gasteiger partial charge in [0.2, 0.25) is 17.7 Å². The zero-order chi connectivity index (χ0) is 29.5. The van der Waals surface area contributed by atoms with Gasteiger partial charge in [-0.1, -0.05) is 0 Å². The maximum absolute atomic E-state index is 13.4. The van der Waals surface area contributed by atoms with Gasteiger partial charge < -0.3 is 48.2 Å². The predicted molar refractivity (Wildman–Crippen MR) is 149 cm³/mol. The van der Waals surface area contributed by atoms with Crippen molar-refractivity contribution in [2.24, 2.45) is 22.2 Å². The van der Waals surface area contributed by atoms with Gasteiger partial charge in [0.15, 0.2) is 5.96 Å². The van der Waals surface area contributed by atoms with Gasteiger partial charge in [-0.3, -0.25) is 19.4 Å². The highest BCUT2D eigenvalue weighted by atomic mass is 32.2. The summed E-state index contributed by atoms with van der Waals surface area (Å²) in [5, 5.41) is 17.3. The van der Waals surface area contributed by atoms with Crippen LogP contribution in [0.3, 0.4) is 0 Å². The molecule has 0 saturated carbocycles. The van der Waals surface area contributed by atoms with Gasteiger partial charge in [-0.15, -0.1) is 0 Å². The Morgan fingerprint density at radius 2 is 1.50 bits per heavy atom. The largest absolute Gasteiger partial charge is 0.480 e. The van der Waals surface area contributed by atoms with Crippen LogP contribution in [-0.2, 0) is 32.0 Å². The molecule has 0 aliphatic rings. The number of H-pyrrole nitrogens is 2. The Balaban J connectivity index is 2.18. The van der Waals surface area contributed by atoms with E-state index in [0.717, 1.165) is 0 Å². The van der Waals surface area contributed by atoms with E-state index in [1.165, 1.54) is 36.8 Å². The molecule has 0 bridgehead atoms. The van der Waals surface area contributed by atoms with Crippen LogP contribution in [0.1, 0.15) is 30.7 Å². The fourth-order valence-electron chi connectivity index (χ4n) is 3.64. The summed E-state index contributed by atoms with van der Waals surface area (Å²) >= 11 is 1.44. The van der Waals surface area contributed by atoms with E-state index in [2.05, 4.69) is 40.9 Å². The number of carboxylic acids is 1. The van der Waals surface area contributed by atoms with Crippen LogP contribution in [0, 0.1) is 0 Å². The van der Waals surface area contributed by atoms with Gasteiger partial charge in [-0.05, 0) is 31.3 Å². The molecular formula is C23H37N11O5S. The summed E-state index contributed by atoms with van der Waals surface area (Å²) in [6.07, 6.45) is 8.54. The molecular weight excluding hydrogens is 542 g/mol. The average Bonchev–Trinajstić information content (AvgIpc) is 3.61. The number of rotatable bonds is 18. The first-order valence-electron chi connectivity index (χ1n) is 12.5. The van der Waals surface area contributed by atoms with Gasteiger partial charge in [0, 0.05) is 43.2 Å². The van der Waals surface area contributed by atoms with Crippen molar-refractivity contribution in [3.63, 3.8) is 0 Å². The molecule has 0 fully saturated rings. The van der Waals surface area contributed by atoms with Crippen LogP contribution in [0.4, 0.5) is 0 Å². The number of amides is 3. The summed E-state index contributed by atoms with van der Waals surface area (Å²) in [5.41, 5.74) is 17.9. The summed E-state index contributed by atoms with van der Waals surface area (Å²) in [7, 11) is 0. The van der Waals surface area contributed by atoms with Crippen molar-refractivity contribution in [3.8, 4) is 0 Å². The Hall–Kier alpha value is -4.12. The third kappa shape index (κ3) is 11.3. The van der Waals surface area contributed by atoms with E-state index in [1.807, 2.05) is 6.26 Å². The van der Waals surface area contributed by atoms with Gasteiger partial charge >= 0.3 is 5.97 Å². The number of nitrogens with one attached hydrogen (secondary N) is 5. The number of hydrogen-bond acceptors (Lipinski definition) is 9. The van der Waals surface area contributed by atoms with Crippen LogP contribution < -0.4 is 33.2 Å². The number of carbonyl (C=O) groups excluding carboxylic acids is 3. The maximum Gasteiger partial charge on any atom is 0.326 e. The molecule has 17 heteroatoms. The standard InChI is InChI=1S/C23H37N11O5S/c1-40-6-4-17(22(38)39)33-21(37)18(8-14-10-28-12-31-14)34-20(36)16(3-2-5-29-23(25)26)32-19(35)15(24)7-13-9-27-11-30-13/h9-12,15-18H,2-8,24H2,1H3,(H,27,30)(H,28,31)(H,32,35)(H,33,37)(H,34,36)(H,38,39)(H4,25,26,29). The minimum Gasteiger partial charge on any atom is -0.480 e. The number of aromatic nitrogens is 4. The molecule has 4 atom stereocenters. The molecule has 4 unspecified atom stereocenters. The fourth-order valence-corrected chi connectivity index (χ4v) is 4.11. The van der Waals surface area contributed by atoms with Crippen LogP contribution in [0.5, 0.6) is 0 Å². The second-order valence-electron chi connectivity index (χ2n) is 8.92. The van der Waals surface area contributed by atoms with Crippen LogP contribution in [0.15, 0.2) is 30.0 Å². The summed E-state index contributed by atoms with van der Waals surface area (Å²) in [6.45, 7) is 0.204. The van der Waals surface area contributed by atoms with E-state index < -0.39 is 47.9 Å². The second-order valence-corrected chi connectivity index (χ2v) is 9.91. The highest BCUT2D eigenvalue weighted by molar-refractivity contribution is 7.98. The predicted octanol–water partition coefficient (Wildman–Crippen LogP) is -2.41. The number of nitrogens with two attached hydrogens (primary N) is 3. The molecule has 12 N–H and O–H groups in total. The van der Waals surface area contributed by atoms with E-state index in [0.29, 0.717) is 23.6 Å². The van der Waals surface area contributed by atoms with Crippen LogP contribution in [-0.4, -0.2) is 97.4 Å². The Kier molecular flexibility index (Phi) is 13.4. The van der Waals surface area contributed by atoms with E-state index >= 15 is 0 Å². The van der Waals surface area contributed by atoms with Crippen LogP contribution >= 0.6 is 11.8 Å². The zero-order valence-electron chi connectivity index (χ0n) is 22.1. The third-order valence-electron chi connectivity index (χ3n) is 5.75. The highest BCUT2D eigenvalue weighted by Gasteiger charge is 2.30. The number of aromatic amines is 2. The van der Waals surface area contributed by atoms with Crippen molar-refractivity contribution in [2.45, 2.75) is 56.3 Å². The van der Waals surface area contributed by atoms with Crippen molar-refractivity contribution in [2.75, 3.05) is 18.6 Å². The molecule has 2 aromatic heterocycles. The molecule has 0 radical (unpaired) electrons. The number of hydrogen-bond donors (Lipinski definition) is 9. The van der Waals surface area contributed by atoms with Crippen molar-refractivity contribution in [3.05, 3.63) is 36.4 Å². The molecule has 0 aliphatic heterocycles. The Bertz CT molecular complexity index is 1110. The van der Waals surface area contributed by atoms with E-state index in [4.69, 9.17) is 17.2 Å². The summed E-state index contributed by atoms with van der Waals surface area (Å²) in [4.78, 5) is 68.5. The molecule has 0 aliphatic carbocycles. The lowest BCUT2D eigenvalue weighted by atomic mass is 10.1. The number of aliphatic imine (C=N–C) groups is 1. The summed E-state index contributed by atoms with van der Waals surface area (Å²) in [6, 6.07) is -4.37. The number of guanidine groups is 1. The van der Waals surface area contributed by atoms with Crippen LogP contribution in [0.25, 0.3) is 0 Å². The lowest BCUT2D eigenvalue weighted by Gasteiger charge is -2.25. The summed E-state index contributed by atoms with van der Waals surface area (Å²) < 4.78 is 0. The smallest absolute Gasteiger partial charge is 0.326 e. The van der Waals surface area contributed by atoms with Crippen molar-refractivity contribution in [1.82, 2.24) is 35.9 Å². The minimum atomic E-state index is -1.19. The molecule has 2 aromatic rings. The number of thioether (sulfide) groups is 1. The molecule has 3 amide bonds. The first-order valence-corrected chi connectivity index (χ1v) is 13.9. The number of imidazole rings is 2. The van der Waals surface area contributed by atoms with Gasteiger partial charge in [0.25, 0.3) is 0 Å². The normalized spacial score (nSPS) is 13.8. The van der Waals surface area contributed by atoms with Gasteiger partial charge in [0.05, 0.1) is 18.7 Å². The Morgan fingerprint density at radius 1 is 0.925 bits per heavy atom. The molecule has 2 rings (SSSR count). The molecule has 40 heavy (non-hydrogen) atoms. The minimum absolute atomic E-state index is 0.000442. The number of carboxylic acid groups (broad SMARTS) is 1. The molecule has 0 aromatic carbocycles. The summed E-state index contributed by atoms with van der Waals surface area (Å²) in [5.74, 6) is -2.74. The Labute approximate surface area is 235 Å². The molecule has 220 valence electrons. The molecule has 2 heterocycles. The van der Waals surface area contributed by atoms with E-state index in [-0.39, 0.29) is 38.2 Å². The molecule has 16 nitrogen and oxygen atoms in total. The lowest BCUT2D eigenvalue weighted by Crippen LogP contribution is -2.57. The van der Waals surface area contributed by atoms with Crippen molar-refractivity contribution in [1.29, 1.82) is 0 Å². The van der Waals surface area contributed by atoms with Gasteiger partial charge in [-0.2, -0.15) is 11.8 Å². The molecule has 0 saturated heterocycles. The second kappa shape index (κ2) is 16.8. The number of carbonyl (C=O) groups is 4. The zero-order valence-corrected chi connectivity index (χ0v) is 22.9.